The Balaban J connectivity index is 1.44. The zero-order valence-corrected chi connectivity index (χ0v) is 18.7. The van der Waals surface area contributed by atoms with Gasteiger partial charge in [-0.2, -0.15) is 0 Å². The summed E-state index contributed by atoms with van der Waals surface area (Å²) in [7, 11) is 1.61. The van der Waals surface area contributed by atoms with Gasteiger partial charge in [-0.25, -0.2) is 4.79 Å². The first-order valence-electron chi connectivity index (χ1n) is 10.8. The van der Waals surface area contributed by atoms with Crippen LogP contribution in [0.15, 0.2) is 35.9 Å². The van der Waals surface area contributed by atoms with Crippen molar-refractivity contribution in [1.29, 1.82) is 0 Å². The zero-order valence-electron chi connectivity index (χ0n) is 18.7. The zero-order chi connectivity index (χ0) is 23.1. The summed E-state index contributed by atoms with van der Waals surface area (Å²) >= 11 is 0. The van der Waals surface area contributed by atoms with E-state index in [1.807, 2.05) is 0 Å². The molecule has 2 heterocycles. The standard InChI is InChI=1S/C23H29NO8/c1-14(2)5-10-18-22(3,32-18)20-19(28-4)17(11-12-23(20)13-29-23)31-21(25)30-16-8-6-15(7-9-16)24(26)27/h5-9,17-20H,10-13H2,1-4H3/t17-,18-,19-,20?,22+,23+/m1/s1. The molecule has 1 spiro atoms. The molecular formula is C23H29NO8. The molecule has 0 aromatic heterocycles. The van der Waals surface area contributed by atoms with E-state index in [4.69, 9.17) is 23.7 Å². The third-order valence-corrected chi connectivity index (χ3v) is 6.73. The van der Waals surface area contributed by atoms with Crippen molar-refractivity contribution in [2.75, 3.05) is 13.7 Å². The van der Waals surface area contributed by atoms with Gasteiger partial charge in [0.15, 0.2) is 0 Å². The molecule has 6 atom stereocenters. The van der Waals surface area contributed by atoms with Crippen LogP contribution in [0.5, 0.6) is 5.75 Å². The van der Waals surface area contributed by atoms with Gasteiger partial charge in [0.2, 0.25) is 0 Å². The first kappa shape index (κ1) is 22.7. The molecular weight excluding hydrogens is 418 g/mol. The molecule has 1 aliphatic carbocycles. The summed E-state index contributed by atoms with van der Waals surface area (Å²) in [5.74, 6) is 0.0877. The van der Waals surface area contributed by atoms with E-state index < -0.39 is 28.9 Å². The van der Waals surface area contributed by atoms with E-state index in [9.17, 15) is 14.9 Å². The Morgan fingerprint density at radius 3 is 2.56 bits per heavy atom. The number of benzene rings is 1. The number of rotatable bonds is 7. The van der Waals surface area contributed by atoms with Crippen LogP contribution < -0.4 is 4.74 Å². The van der Waals surface area contributed by atoms with Crippen LogP contribution >= 0.6 is 0 Å². The summed E-state index contributed by atoms with van der Waals surface area (Å²) < 4.78 is 28.8. The van der Waals surface area contributed by atoms with Crippen LogP contribution in [-0.2, 0) is 18.9 Å². The van der Waals surface area contributed by atoms with Crippen molar-refractivity contribution < 1.29 is 33.4 Å². The highest BCUT2D eigenvalue weighted by Gasteiger charge is 2.72. The van der Waals surface area contributed by atoms with Crippen LogP contribution in [-0.4, -0.2) is 54.3 Å². The molecule has 1 aromatic carbocycles. The Labute approximate surface area is 186 Å². The van der Waals surface area contributed by atoms with Crippen molar-refractivity contribution in [3.05, 3.63) is 46.0 Å². The van der Waals surface area contributed by atoms with Crippen LogP contribution in [0.3, 0.4) is 0 Å². The molecule has 0 bridgehead atoms. The molecule has 1 saturated carbocycles. The predicted octanol–water partition coefficient (Wildman–Crippen LogP) is 4.19. The number of carbonyl (C=O) groups excluding carboxylic acids is 1. The van der Waals surface area contributed by atoms with Crippen molar-refractivity contribution in [3.63, 3.8) is 0 Å². The van der Waals surface area contributed by atoms with Gasteiger partial charge < -0.3 is 23.7 Å². The highest BCUT2D eigenvalue weighted by atomic mass is 16.7. The van der Waals surface area contributed by atoms with E-state index in [-0.39, 0.29) is 29.1 Å². The largest absolute Gasteiger partial charge is 0.514 e. The average Bonchev–Trinajstić information content (AvgIpc) is 3.65. The highest BCUT2D eigenvalue weighted by molar-refractivity contribution is 5.64. The average molecular weight is 447 g/mol. The molecule has 2 aliphatic heterocycles. The van der Waals surface area contributed by atoms with Gasteiger partial charge in [0.1, 0.15) is 29.2 Å². The van der Waals surface area contributed by atoms with Crippen LogP contribution in [0.4, 0.5) is 10.5 Å². The molecule has 3 aliphatic rings. The summed E-state index contributed by atoms with van der Waals surface area (Å²) in [6.07, 6.45) is 2.56. The summed E-state index contributed by atoms with van der Waals surface area (Å²) in [5.41, 5.74) is 0.419. The maximum absolute atomic E-state index is 12.4. The highest BCUT2D eigenvalue weighted by Crippen LogP contribution is 2.59. The van der Waals surface area contributed by atoms with Crippen molar-refractivity contribution in [2.24, 2.45) is 5.92 Å². The van der Waals surface area contributed by atoms with E-state index in [0.717, 1.165) is 12.8 Å². The van der Waals surface area contributed by atoms with Gasteiger partial charge in [-0.1, -0.05) is 11.6 Å². The molecule has 2 saturated heterocycles. The molecule has 174 valence electrons. The lowest BCUT2D eigenvalue weighted by atomic mass is 9.68. The minimum atomic E-state index is -0.875. The fourth-order valence-corrected chi connectivity index (χ4v) is 4.95. The molecule has 3 fully saturated rings. The number of nitro groups is 1. The molecule has 4 rings (SSSR count). The molecule has 9 heteroatoms. The molecule has 0 radical (unpaired) electrons. The number of hydrogen-bond donors (Lipinski definition) is 0. The van der Waals surface area contributed by atoms with Gasteiger partial charge in [0, 0.05) is 19.2 Å². The van der Waals surface area contributed by atoms with E-state index in [1.165, 1.54) is 29.8 Å². The molecule has 0 N–H and O–H groups in total. The normalized spacial score (nSPS) is 35.1. The molecule has 1 aromatic rings. The number of hydrogen-bond acceptors (Lipinski definition) is 8. The minimum Gasteiger partial charge on any atom is -0.428 e. The predicted molar refractivity (Wildman–Crippen MR) is 114 cm³/mol. The summed E-state index contributed by atoms with van der Waals surface area (Å²) in [4.78, 5) is 22.7. The van der Waals surface area contributed by atoms with Gasteiger partial charge in [0.25, 0.3) is 5.69 Å². The SMILES string of the molecule is CO[C@H]1C([C@@]2(C)O[C@@H]2CC=C(C)C)[C@]2(CC[C@H]1OC(=O)Oc1ccc([N+](=O)[O-])cc1)CO2. The Bertz CT molecular complexity index is 905. The van der Waals surface area contributed by atoms with E-state index >= 15 is 0 Å². The van der Waals surface area contributed by atoms with Gasteiger partial charge in [-0.15, -0.1) is 0 Å². The van der Waals surface area contributed by atoms with Crippen molar-refractivity contribution >= 4 is 11.8 Å². The van der Waals surface area contributed by atoms with Crippen molar-refractivity contribution in [1.82, 2.24) is 0 Å². The minimum absolute atomic E-state index is 0.0620. The number of carbonyl (C=O) groups is 1. The lowest BCUT2D eigenvalue weighted by Crippen LogP contribution is -2.55. The summed E-state index contributed by atoms with van der Waals surface area (Å²) in [5, 5.41) is 10.8. The second kappa shape index (κ2) is 8.46. The van der Waals surface area contributed by atoms with Crippen LogP contribution in [0, 0.1) is 16.0 Å². The maximum atomic E-state index is 12.4. The number of nitro benzene ring substituents is 1. The van der Waals surface area contributed by atoms with Gasteiger partial charge in [-0.05, 0) is 52.2 Å². The number of methoxy groups -OCH3 is 1. The number of nitrogens with zero attached hydrogens (tertiary/aromatic N) is 1. The van der Waals surface area contributed by atoms with Crippen LogP contribution in [0.25, 0.3) is 0 Å². The maximum Gasteiger partial charge on any atom is 0.514 e. The smallest absolute Gasteiger partial charge is 0.428 e. The quantitative estimate of drug-likeness (QED) is 0.153. The molecule has 1 unspecified atom stereocenters. The fourth-order valence-electron chi connectivity index (χ4n) is 4.95. The lowest BCUT2D eigenvalue weighted by molar-refractivity contribution is -0.384. The first-order chi connectivity index (χ1) is 15.2. The topological polar surface area (TPSA) is 113 Å². The molecule has 9 nitrogen and oxygen atoms in total. The second-order valence-corrected chi connectivity index (χ2v) is 9.14. The van der Waals surface area contributed by atoms with Gasteiger partial charge in [0.05, 0.1) is 23.6 Å². The Morgan fingerprint density at radius 1 is 1.31 bits per heavy atom. The summed E-state index contributed by atoms with van der Waals surface area (Å²) in [6.45, 7) is 6.84. The van der Waals surface area contributed by atoms with E-state index in [1.54, 1.807) is 7.11 Å². The number of non-ortho nitro benzene ring substituents is 1. The third kappa shape index (κ3) is 4.37. The second-order valence-electron chi connectivity index (χ2n) is 9.14. The lowest BCUT2D eigenvalue weighted by Gasteiger charge is -2.42. The Hall–Kier alpha value is -2.49. The van der Waals surface area contributed by atoms with Gasteiger partial charge in [-0.3, -0.25) is 10.1 Å². The van der Waals surface area contributed by atoms with E-state index in [0.29, 0.717) is 13.0 Å². The van der Waals surface area contributed by atoms with Crippen molar-refractivity contribution in [3.8, 4) is 5.75 Å². The number of epoxide rings is 2. The van der Waals surface area contributed by atoms with Crippen LogP contribution in [0.2, 0.25) is 0 Å². The number of ether oxygens (including phenoxy) is 5. The summed E-state index contributed by atoms with van der Waals surface area (Å²) in [6, 6.07) is 5.25. The third-order valence-electron chi connectivity index (χ3n) is 6.73. The monoisotopic (exact) mass is 447 g/mol. The Kier molecular flexibility index (Phi) is 6.00. The molecule has 0 amide bonds. The van der Waals surface area contributed by atoms with Crippen LogP contribution in [0.1, 0.15) is 40.0 Å². The fraction of sp³-hybridized carbons (Fsp3) is 0.609. The Morgan fingerprint density at radius 2 is 2.00 bits per heavy atom. The van der Waals surface area contributed by atoms with E-state index in [2.05, 4.69) is 26.8 Å². The van der Waals surface area contributed by atoms with Crippen molar-refractivity contribution in [2.45, 2.75) is 69.5 Å². The molecule has 32 heavy (non-hydrogen) atoms. The number of allylic oxidation sites excluding steroid dienone is 1. The first-order valence-corrected chi connectivity index (χ1v) is 10.8. The van der Waals surface area contributed by atoms with Gasteiger partial charge >= 0.3 is 6.16 Å².